The largest absolute Gasteiger partial charge is 0.493 e. The highest BCUT2D eigenvalue weighted by atomic mass is 16.6. The molecule has 0 aliphatic heterocycles. The van der Waals surface area contributed by atoms with Gasteiger partial charge in [0.2, 0.25) is 5.91 Å². The lowest BCUT2D eigenvalue weighted by molar-refractivity contribution is -0.385. The first-order valence-corrected chi connectivity index (χ1v) is 9.94. The van der Waals surface area contributed by atoms with Crippen molar-refractivity contribution in [1.29, 1.82) is 0 Å². The second kappa shape index (κ2) is 11.4. The molecule has 3 rings (SSSR count). The summed E-state index contributed by atoms with van der Waals surface area (Å²) in [6.45, 7) is -0.0117. The monoisotopic (exact) mass is 470 g/mol. The normalized spacial score (nSPS) is 10.4. The molecule has 13 nitrogen and oxygen atoms in total. The predicted octanol–water partition coefficient (Wildman–Crippen LogP) is 1.58. The molecule has 0 aliphatic rings. The van der Waals surface area contributed by atoms with Crippen LogP contribution in [0.1, 0.15) is 10.4 Å². The van der Waals surface area contributed by atoms with E-state index in [1.54, 1.807) is 28.9 Å². The number of ether oxygens (including phenoxy) is 3. The molecule has 0 atom stereocenters. The van der Waals surface area contributed by atoms with E-state index in [0.29, 0.717) is 5.69 Å². The summed E-state index contributed by atoms with van der Waals surface area (Å²) in [5.74, 6) is -1.11. The Morgan fingerprint density at radius 2 is 1.88 bits per heavy atom. The number of hydrogen-bond acceptors (Lipinski definition) is 9. The fraction of sp³-hybridized carbons (Fsp3) is 0.238. The molecule has 178 valence electrons. The molecular weight excluding hydrogens is 448 g/mol. The van der Waals surface area contributed by atoms with Crippen molar-refractivity contribution in [3.8, 4) is 17.2 Å². The van der Waals surface area contributed by atoms with Crippen molar-refractivity contribution in [1.82, 2.24) is 20.1 Å². The van der Waals surface area contributed by atoms with Gasteiger partial charge in [0.25, 0.3) is 11.6 Å². The Morgan fingerprint density at radius 3 is 2.50 bits per heavy atom. The van der Waals surface area contributed by atoms with Gasteiger partial charge in [-0.15, -0.1) is 0 Å². The SMILES string of the molecule is COCCOc1cc([N+](=O)[O-])c(C(=O)NCC(=O)Nc2ccc(-n3cncn3)cc2)cc1OC. The summed E-state index contributed by atoms with van der Waals surface area (Å²) in [6, 6.07) is 9.07. The predicted molar refractivity (Wildman–Crippen MR) is 119 cm³/mol. The van der Waals surface area contributed by atoms with Gasteiger partial charge in [0.05, 0.1) is 36.9 Å². The third-order valence-electron chi connectivity index (χ3n) is 4.51. The van der Waals surface area contributed by atoms with Crippen LogP contribution in [0.5, 0.6) is 11.5 Å². The number of rotatable bonds is 11. The first kappa shape index (κ1) is 24.1. The van der Waals surface area contributed by atoms with Crippen LogP contribution in [0.15, 0.2) is 49.1 Å². The number of methoxy groups -OCH3 is 2. The van der Waals surface area contributed by atoms with E-state index in [4.69, 9.17) is 14.2 Å². The van der Waals surface area contributed by atoms with Gasteiger partial charge in [-0.05, 0) is 24.3 Å². The Kier molecular flexibility index (Phi) is 8.07. The molecule has 0 saturated carbocycles. The van der Waals surface area contributed by atoms with E-state index in [0.717, 1.165) is 11.8 Å². The smallest absolute Gasteiger partial charge is 0.286 e. The van der Waals surface area contributed by atoms with Crippen molar-refractivity contribution in [2.24, 2.45) is 0 Å². The van der Waals surface area contributed by atoms with E-state index in [2.05, 4.69) is 20.7 Å². The summed E-state index contributed by atoms with van der Waals surface area (Å²) < 4.78 is 17.1. The Bertz CT molecular complexity index is 1150. The highest BCUT2D eigenvalue weighted by Crippen LogP contribution is 2.34. The minimum absolute atomic E-state index is 0.0925. The molecule has 0 spiro atoms. The summed E-state index contributed by atoms with van der Waals surface area (Å²) in [5, 5.41) is 20.5. The zero-order valence-corrected chi connectivity index (χ0v) is 18.4. The molecule has 3 aromatic rings. The van der Waals surface area contributed by atoms with Crippen LogP contribution in [0, 0.1) is 10.1 Å². The van der Waals surface area contributed by atoms with Gasteiger partial charge < -0.3 is 24.8 Å². The number of nitro groups is 1. The summed E-state index contributed by atoms with van der Waals surface area (Å²) in [7, 11) is 2.83. The quantitative estimate of drug-likeness (QED) is 0.241. The average molecular weight is 470 g/mol. The van der Waals surface area contributed by atoms with Gasteiger partial charge >= 0.3 is 0 Å². The molecule has 34 heavy (non-hydrogen) atoms. The molecule has 0 aliphatic carbocycles. The summed E-state index contributed by atoms with van der Waals surface area (Å²) in [5.41, 5.74) is 0.480. The second-order valence-electron chi connectivity index (χ2n) is 6.74. The Morgan fingerprint density at radius 1 is 1.12 bits per heavy atom. The Hall–Kier alpha value is -4.52. The lowest BCUT2D eigenvalue weighted by atomic mass is 10.1. The van der Waals surface area contributed by atoms with Crippen molar-refractivity contribution >= 4 is 23.2 Å². The molecule has 0 radical (unpaired) electrons. The lowest BCUT2D eigenvalue weighted by Crippen LogP contribution is -2.33. The molecule has 0 unspecified atom stereocenters. The molecule has 0 bridgehead atoms. The number of nitro benzene ring substituents is 1. The highest BCUT2D eigenvalue weighted by molar-refractivity contribution is 6.02. The zero-order chi connectivity index (χ0) is 24.5. The van der Waals surface area contributed by atoms with Gasteiger partial charge in [-0.25, -0.2) is 9.67 Å². The number of amides is 2. The number of carbonyl (C=O) groups is 2. The maximum Gasteiger partial charge on any atom is 0.286 e. The molecular formula is C21H22N6O7. The summed E-state index contributed by atoms with van der Waals surface area (Å²) >= 11 is 0. The van der Waals surface area contributed by atoms with Crippen LogP contribution in [-0.4, -0.2) is 65.5 Å². The van der Waals surface area contributed by atoms with E-state index in [9.17, 15) is 19.7 Å². The number of anilines is 1. The fourth-order valence-electron chi connectivity index (χ4n) is 2.89. The van der Waals surface area contributed by atoms with Gasteiger partial charge in [-0.1, -0.05) is 0 Å². The molecule has 13 heteroatoms. The number of benzene rings is 2. The van der Waals surface area contributed by atoms with E-state index in [1.807, 2.05) is 0 Å². The number of carbonyl (C=O) groups excluding carboxylic acids is 2. The minimum atomic E-state index is -0.815. The maximum atomic E-state index is 12.6. The van der Waals surface area contributed by atoms with Crippen LogP contribution in [0.2, 0.25) is 0 Å². The molecule has 2 N–H and O–H groups in total. The third-order valence-corrected chi connectivity index (χ3v) is 4.51. The van der Waals surface area contributed by atoms with Crippen molar-refractivity contribution in [2.45, 2.75) is 0 Å². The summed E-state index contributed by atoms with van der Waals surface area (Å²) in [6.07, 6.45) is 2.94. The van der Waals surface area contributed by atoms with Crippen molar-refractivity contribution in [2.75, 3.05) is 39.3 Å². The number of nitrogens with one attached hydrogen (secondary N) is 2. The second-order valence-corrected chi connectivity index (χ2v) is 6.74. The molecule has 0 saturated heterocycles. The first-order chi connectivity index (χ1) is 16.4. The summed E-state index contributed by atoms with van der Waals surface area (Å²) in [4.78, 5) is 39.5. The minimum Gasteiger partial charge on any atom is -0.493 e. The molecule has 2 amide bonds. The topological polar surface area (TPSA) is 160 Å². The number of nitrogens with zero attached hydrogens (tertiary/aromatic N) is 4. The Balaban J connectivity index is 1.65. The van der Waals surface area contributed by atoms with Crippen LogP contribution in [0.25, 0.3) is 5.69 Å². The van der Waals surface area contributed by atoms with Crippen LogP contribution in [0.3, 0.4) is 0 Å². The van der Waals surface area contributed by atoms with Crippen LogP contribution < -0.4 is 20.1 Å². The van der Waals surface area contributed by atoms with Crippen LogP contribution >= 0.6 is 0 Å². The first-order valence-electron chi connectivity index (χ1n) is 9.94. The maximum absolute atomic E-state index is 12.6. The molecule has 2 aromatic carbocycles. The zero-order valence-electron chi connectivity index (χ0n) is 18.4. The van der Waals surface area contributed by atoms with E-state index >= 15 is 0 Å². The van der Waals surface area contributed by atoms with E-state index in [1.165, 1.54) is 32.9 Å². The highest BCUT2D eigenvalue weighted by Gasteiger charge is 2.25. The Labute approximate surface area is 193 Å². The standard InChI is InChI=1S/C21H22N6O7/c1-32-7-8-34-19-10-17(27(30)31)16(9-18(19)33-2)21(29)23-11-20(28)25-14-3-5-15(6-4-14)26-13-22-12-24-26/h3-6,9-10,12-13H,7-8,11H2,1-2H3,(H,23,29)(H,25,28). The van der Waals surface area contributed by atoms with Gasteiger partial charge in [-0.3, -0.25) is 19.7 Å². The van der Waals surface area contributed by atoms with E-state index in [-0.39, 0.29) is 30.3 Å². The van der Waals surface area contributed by atoms with Gasteiger partial charge in [0, 0.05) is 18.9 Å². The fourth-order valence-corrected chi connectivity index (χ4v) is 2.89. The number of hydrogen-bond donors (Lipinski definition) is 2. The third kappa shape index (κ3) is 6.04. The lowest BCUT2D eigenvalue weighted by Gasteiger charge is -2.13. The van der Waals surface area contributed by atoms with Crippen molar-refractivity contribution in [3.63, 3.8) is 0 Å². The molecule has 0 fully saturated rings. The molecule has 1 aromatic heterocycles. The van der Waals surface area contributed by atoms with E-state index < -0.39 is 29.0 Å². The molecule has 1 heterocycles. The van der Waals surface area contributed by atoms with Crippen molar-refractivity contribution < 1.29 is 28.7 Å². The van der Waals surface area contributed by atoms with Gasteiger partial charge in [0.1, 0.15) is 24.8 Å². The number of aromatic nitrogens is 3. The van der Waals surface area contributed by atoms with Gasteiger partial charge in [-0.2, -0.15) is 5.10 Å². The van der Waals surface area contributed by atoms with Crippen LogP contribution in [-0.2, 0) is 9.53 Å². The van der Waals surface area contributed by atoms with Crippen LogP contribution in [0.4, 0.5) is 11.4 Å². The average Bonchev–Trinajstić information content (AvgIpc) is 3.38. The van der Waals surface area contributed by atoms with Crippen molar-refractivity contribution in [3.05, 3.63) is 64.7 Å². The van der Waals surface area contributed by atoms with Gasteiger partial charge in [0.15, 0.2) is 11.5 Å².